The van der Waals surface area contributed by atoms with Gasteiger partial charge in [0, 0.05) is 6.20 Å². The van der Waals surface area contributed by atoms with Gasteiger partial charge in [0.15, 0.2) is 5.78 Å². The van der Waals surface area contributed by atoms with Crippen LogP contribution >= 0.6 is 11.5 Å². The molecule has 0 saturated heterocycles. The van der Waals surface area contributed by atoms with Crippen molar-refractivity contribution < 1.29 is 4.79 Å². The number of nitrogens with zero attached hydrogens (tertiary/aromatic N) is 2. The Balaban J connectivity index is 2.30. The van der Waals surface area contributed by atoms with Crippen molar-refractivity contribution in [3.05, 3.63) is 17.1 Å². The van der Waals surface area contributed by atoms with E-state index in [1.54, 1.807) is 6.20 Å². The van der Waals surface area contributed by atoms with Crippen LogP contribution in [0.2, 0.25) is 0 Å². The highest BCUT2D eigenvalue weighted by atomic mass is 32.1. The number of hydrogen-bond donors (Lipinski definition) is 0. The monoisotopic (exact) mass is 224 g/mol. The Kier molecular flexibility index (Phi) is 2.89. The summed E-state index contributed by atoms with van der Waals surface area (Å²) in [5.41, 5.74) is -0.257. The molecule has 0 radical (unpaired) electrons. The minimum atomic E-state index is -0.257. The molecular formula is C11H16N2OS. The molecule has 0 unspecified atom stereocenters. The van der Waals surface area contributed by atoms with Gasteiger partial charge < -0.3 is 0 Å². The number of carbonyl (C=O) groups excluding carboxylic acids is 1. The molecule has 1 aliphatic carbocycles. The summed E-state index contributed by atoms with van der Waals surface area (Å²) in [6.07, 6.45) is 5.98. The predicted octanol–water partition coefficient (Wildman–Crippen LogP) is 2.20. The highest BCUT2D eigenvalue weighted by Gasteiger charge is 2.43. The van der Waals surface area contributed by atoms with Crippen LogP contribution in [0.5, 0.6) is 0 Å². The summed E-state index contributed by atoms with van der Waals surface area (Å²) >= 11 is 1.31. The summed E-state index contributed by atoms with van der Waals surface area (Å²) < 4.78 is 4.01. The van der Waals surface area contributed by atoms with Crippen LogP contribution in [-0.4, -0.2) is 34.7 Å². The van der Waals surface area contributed by atoms with E-state index in [1.807, 2.05) is 20.2 Å². The van der Waals surface area contributed by atoms with Crippen LogP contribution < -0.4 is 0 Å². The fraction of sp³-hybridized carbons (Fsp3) is 0.636. The maximum atomic E-state index is 12.4. The first-order valence-electron chi connectivity index (χ1n) is 5.30. The van der Waals surface area contributed by atoms with Gasteiger partial charge in [0.05, 0.1) is 10.4 Å². The van der Waals surface area contributed by atoms with E-state index in [2.05, 4.69) is 9.27 Å². The van der Waals surface area contributed by atoms with Crippen LogP contribution in [0.25, 0.3) is 0 Å². The third kappa shape index (κ3) is 1.72. The van der Waals surface area contributed by atoms with Gasteiger partial charge in [-0.25, -0.2) is 4.37 Å². The molecule has 15 heavy (non-hydrogen) atoms. The molecule has 4 heteroatoms. The summed E-state index contributed by atoms with van der Waals surface area (Å²) in [5.74, 6) is 0.257. The minimum Gasteiger partial charge on any atom is -0.297 e. The Morgan fingerprint density at radius 3 is 2.60 bits per heavy atom. The van der Waals surface area contributed by atoms with Gasteiger partial charge in [-0.2, -0.15) is 0 Å². The zero-order chi connectivity index (χ0) is 10.9. The lowest BCUT2D eigenvalue weighted by atomic mass is 9.89. The molecule has 1 heterocycles. The molecule has 0 aliphatic heterocycles. The second-order valence-corrected chi connectivity index (χ2v) is 5.17. The lowest BCUT2D eigenvalue weighted by molar-refractivity contribution is 0.0698. The molecule has 0 aromatic carbocycles. The van der Waals surface area contributed by atoms with Crippen molar-refractivity contribution >= 4 is 17.3 Å². The summed E-state index contributed by atoms with van der Waals surface area (Å²) in [7, 11) is 4.01. The maximum absolute atomic E-state index is 12.4. The average molecular weight is 224 g/mol. The van der Waals surface area contributed by atoms with Gasteiger partial charge in [0.25, 0.3) is 0 Å². The molecule has 0 bridgehead atoms. The van der Waals surface area contributed by atoms with Gasteiger partial charge >= 0.3 is 0 Å². The largest absolute Gasteiger partial charge is 0.297 e. The average Bonchev–Trinajstić information content (AvgIpc) is 2.89. The van der Waals surface area contributed by atoms with E-state index in [9.17, 15) is 4.79 Å². The van der Waals surface area contributed by atoms with Gasteiger partial charge in [0.2, 0.25) is 0 Å². The Hall–Kier alpha value is -0.740. The van der Waals surface area contributed by atoms with Crippen LogP contribution in [0.3, 0.4) is 0 Å². The Morgan fingerprint density at radius 1 is 1.47 bits per heavy atom. The smallest absolute Gasteiger partial charge is 0.194 e. The molecule has 1 saturated carbocycles. The normalized spacial score (nSPS) is 19.7. The molecule has 0 amide bonds. The molecule has 1 fully saturated rings. The van der Waals surface area contributed by atoms with Crippen molar-refractivity contribution in [3.8, 4) is 0 Å². The molecule has 3 nitrogen and oxygen atoms in total. The Labute approximate surface area is 94.3 Å². The highest BCUT2D eigenvalue weighted by molar-refractivity contribution is 7.08. The summed E-state index contributed by atoms with van der Waals surface area (Å²) in [6, 6.07) is 1.83. The standard InChI is InChI=1S/C11H16N2OS/c1-13(2)11(6-3-4-7-11)10(14)9-5-8-12-15-9/h5,8H,3-4,6-7H2,1-2H3. The van der Waals surface area contributed by atoms with E-state index in [1.165, 1.54) is 11.5 Å². The zero-order valence-corrected chi connectivity index (χ0v) is 10.0. The summed E-state index contributed by atoms with van der Waals surface area (Å²) in [6.45, 7) is 0. The SMILES string of the molecule is CN(C)C1(C(=O)c2ccns2)CCCC1. The molecule has 82 valence electrons. The van der Waals surface area contributed by atoms with Gasteiger partial charge in [-0.05, 0) is 44.5 Å². The number of ketones is 1. The first-order chi connectivity index (χ1) is 7.17. The van der Waals surface area contributed by atoms with Crippen molar-refractivity contribution in [1.82, 2.24) is 9.27 Å². The number of likely N-dealkylation sites (N-methyl/N-ethyl adjacent to an activating group) is 1. The zero-order valence-electron chi connectivity index (χ0n) is 9.19. The van der Waals surface area contributed by atoms with E-state index in [-0.39, 0.29) is 11.3 Å². The fourth-order valence-corrected chi connectivity index (χ4v) is 3.03. The molecule has 1 aromatic heterocycles. The van der Waals surface area contributed by atoms with Crippen molar-refractivity contribution in [2.45, 2.75) is 31.2 Å². The molecular weight excluding hydrogens is 208 g/mol. The first kappa shape index (κ1) is 10.8. The van der Waals surface area contributed by atoms with Gasteiger partial charge in [0.1, 0.15) is 0 Å². The molecule has 0 spiro atoms. The lowest BCUT2D eigenvalue weighted by Crippen LogP contribution is -2.48. The van der Waals surface area contributed by atoms with E-state index >= 15 is 0 Å². The van der Waals surface area contributed by atoms with E-state index in [0.29, 0.717) is 0 Å². The number of Topliss-reactive ketones (excluding diaryl/α,β-unsaturated/α-hetero) is 1. The summed E-state index contributed by atoms with van der Waals surface area (Å²) in [4.78, 5) is 15.3. The van der Waals surface area contributed by atoms with Gasteiger partial charge in [-0.15, -0.1) is 0 Å². The van der Waals surface area contributed by atoms with Gasteiger partial charge in [-0.3, -0.25) is 9.69 Å². The van der Waals surface area contributed by atoms with E-state index in [4.69, 9.17) is 0 Å². The van der Waals surface area contributed by atoms with Gasteiger partial charge in [-0.1, -0.05) is 12.8 Å². The number of carbonyl (C=O) groups is 1. The Morgan fingerprint density at radius 2 is 2.13 bits per heavy atom. The topological polar surface area (TPSA) is 33.2 Å². The minimum absolute atomic E-state index is 0.257. The molecule has 0 atom stereocenters. The second kappa shape index (κ2) is 4.02. The number of rotatable bonds is 3. The predicted molar refractivity (Wildman–Crippen MR) is 61.3 cm³/mol. The summed E-state index contributed by atoms with van der Waals surface area (Å²) in [5, 5.41) is 0. The second-order valence-electron chi connectivity index (χ2n) is 4.34. The maximum Gasteiger partial charge on any atom is 0.194 e. The van der Waals surface area contributed by atoms with Crippen molar-refractivity contribution in [3.63, 3.8) is 0 Å². The number of aromatic nitrogens is 1. The molecule has 1 aliphatic rings. The highest BCUT2D eigenvalue weighted by Crippen LogP contribution is 2.37. The molecule has 1 aromatic rings. The van der Waals surface area contributed by atoms with Crippen LogP contribution in [0, 0.1) is 0 Å². The Bertz CT molecular complexity index is 339. The van der Waals surface area contributed by atoms with Crippen molar-refractivity contribution in [2.75, 3.05) is 14.1 Å². The first-order valence-corrected chi connectivity index (χ1v) is 6.07. The van der Waals surface area contributed by atoms with Crippen LogP contribution in [-0.2, 0) is 0 Å². The van der Waals surface area contributed by atoms with E-state index < -0.39 is 0 Å². The van der Waals surface area contributed by atoms with Crippen molar-refractivity contribution in [1.29, 1.82) is 0 Å². The van der Waals surface area contributed by atoms with Crippen molar-refractivity contribution in [2.24, 2.45) is 0 Å². The molecule has 0 N–H and O–H groups in total. The van der Waals surface area contributed by atoms with Crippen LogP contribution in [0.4, 0.5) is 0 Å². The van der Waals surface area contributed by atoms with Crippen LogP contribution in [0.1, 0.15) is 35.4 Å². The number of hydrogen-bond acceptors (Lipinski definition) is 4. The third-order valence-corrected chi connectivity index (χ3v) is 4.12. The fourth-order valence-electron chi connectivity index (χ4n) is 2.40. The van der Waals surface area contributed by atoms with Crippen LogP contribution in [0.15, 0.2) is 12.3 Å². The van der Waals surface area contributed by atoms with E-state index in [0.717, 1.165) is 30.6 Å². The molecule has 2 rings (SSSR count). The third-order valence-electron chi connectivity index (χ3n) is 3.37. The lowest BCUT2D eigenvalue weighted by Gasteiger charge is -2.34. The quantitative estimate of drug-likeness (QED) is 0.738.